The summed E-state index contributed by atoms with van der Waals surface area (Å²) >= 11 is 0. The van der Waals surface area contributed by atoms with Crippen molar-refractivity contribution in [3.8, 4) is 23.4 Å². The smallest absolute Gasteiger partial charge is 0.314 e. The van der Waals surface area contributed by atoms with Gasteiger partial charge in [-0.1, -0.05) is 66.7 Å². The van der Waals surface area contributed by atoms with E-state index in [1.165, 1.54) is 18.5 Å². The van der Waals surface area contributed by atoms with Gasteiger partial charge < -0.3 is 32.7 Å². The Hall–Kier alpha value is -6.12. The van der Waals surface area contributed by atoms with E-state index in [4.69, 9.17) is 32.7 Å². The highest BCUT2D eigenvalue weighted by Crippen LogP contribution is 2.51. The van der Waals surface area contributed by atoms with Gasteiger partial charge in [-0.3, -0.25) is 14.7 Å². The van der Waals surface area contributed by atoms with E-state index < -0.39 is 43.6 Å². The van der Waals surface area contributed by atoms with Crippen molar-refractivity contribution in [1.82, 2.24) is 24.2 Å². The van der Waals surface area contributed by atoms with Gasteiger partial charge in [0.25, 0.3) is 14.2 Å². The third-order valence-corrected chi connectivity index (χ3v) is 13.3. The van der Waals surface area contributed by atoms with E-state index in [1.54, 1.807) is 30.9 Å². The van der Waals surface area contributed by atoms with Gasteiger partial charge in [0, 0.05) is 37.1 Å². The molecule has 1 aliphatic heterocycles. The molecular weight excluding hydrogens is 869 g/mol. The summed E-state index contributed by atoms with van der Waals surface area (Å²) in [5.74, 6) is 1.30. The van der Waals surface area contributed by atoms with Gasteiger partial charge in [-0.15, -0.1) is 0 Å². The standard InChI is InChI=1S/C48H53FN7O9P/c1-32(2)55(33(3)4)66(63-27-10-26-50)65-41-29-43(54-31-51-44-45(54)52-47(49)53-46(44)61-28-25-34-13-19-38(20-14-34)56(57)58)64-42(41)30-62-48(35-11-8-7-9-12-35,36-15-21-39(59-5)22-16-36)37-17-23-40(60-6)24-18-37/h7-9,11-24,31-33,41-43H,10,25,27-30H2,1-6H3. The van der Waals surface area contributed by atoms with Crippen LogP contribution in [0.2, 0.25) is 0 Å². The molecule has 0 N–H and O–H groups in total. The SMILES string of the molecule is COc1ccc(C(OCC2OC(n3cnc4c(OCCc5ccc([N+](=O)[O-])cc5)nc(F)nc43)CC2OP(OCCC#N)N(C(C)C)C(C)C)(c2ccccc2)c2ccc(OC)cc2)cc1. The third-order valence-electron chi connectivity index (χ3n) is 11.2. The molecule has 4 unspecified atom stereocenters. The summed E-state index contributed by atoms with van der Waals surface area (Å²) < 4.78 is 63.8. The molecule has 0 bridgehead atoms. The molecule has 16 nitrogen and oxygen atoms in total. The lowest BCUT2D eigenvalue weighted by atomic mass is 9.80. The lowest BCUT2D eigenvalue weighted by Gasteiger charge is -2.39. The summed E-state index contributed by atoms with van der Waals surface area (Å²) in [5, 5.41) is 20.6. The number of non-ortho nitro benzene ring substituents is 1. The number of rotatable bonds is 22. The van der Waals surface area contributed by atoms with Crippen LogP contribution in [-0.2, 0) is 30.5 Å². The van der Waals surface area contributed by atoms with Crippen molar-refractivity contribution in [2.45, 2.75) is 83.1 Å². The fourth-order valence-electron chi connectivity index (χ4n) is 8.05. The highest BCUT2D eigenvalue weighted by molar-refractivity contribution is 7.44. The molecule has 18 heteroatoms. The molecule has 7 rings (SSSR count). The largest absolute Gasteiger partial charge is 0.497 e. The van der Waals surface area contributed by atoms with Crippen LogP contribution in [0, 0.1) is 27.5 Å². The molecule has 0 aliphatic carbocycles. The van der Waals surface area contributed by atoms with Crippen LogP contribution in [0.3, 0.4) is 0 Å². The first kappa shape index (κ1) is 47.8. The van der Waals surface area contributed by atoms with Crippen LogP contribution < -0.4 is 14.2 Å². The Morgan fingerprint density at radius 2 is 1.53 bits per heavy atom. The van der Waals surface area contributed by atoms with E-state index in [0.717, 1.165) is 22.3 Å². The topological polar surface area (TPSA) is 178 Å². The number of methoxy groups -OCH3 is 2. The average molecular weight is 922 g/mol. The molecule has 4 atom stereocenters. The van der Waals surface area contributed by atoms with E-state index in [-0.39, 0.29) is 67.5 Å². The second-order valence-electron chi connectivity index (χ2n) is 16.0. The van der Waals surface area contributed by atoms with E-state index >= 15 is 4.39 Å². The Labute approximate surface area is 384 Å². The van der Waals surface area contributed by atoms with Crippen molar-refractivity contribution in [2.24, 2.45) is 0 Å². The van der Waals surface area contributed by atoms with E-state index in [2.05, 4.69) is 53.4 Å². The average Bonchev–Trinajstić information content (AvgIpc) is 3.93. The molecule has 2 aromatic heterocycles. The van der Waals surface area contributed by atoms with Gasteiger partial charge in [-0.25, -0.2) is 9.65 Å². The van der Waals surface area contributed by atoms with E-state index in [9.17, 15) is 15.4 Å². The molecule has 3 heterocycles. The summed E-state index contributed by atoms with van der Waals surface area (Å²) in [6.45, 7) is 8.53. The highest BCUT2D eigenvalue weighted by Gasteiger charge is 2.45. The zero-order valence-electron chi connectivity index (χ0n) is 37.7. The number of halogens is 1. The molecule has 4 aromatic carbocycles. The molecule has 346 valence electrons. The maximum absolute atomic E-state index is 15.3. The summed E-state index contributed by atoms with van der Waals surface area (Å²) in [7, 11) is 1.51. The molecule has 66 heavy (non-hydrogen) atoms. The van der Waals surface area contributed by atoms with Crippen LogP contribution >= 0.6 is 8.53 Å². The molecule has 1 saturated heterocycles. The number of ether oxygens (including phenoxy) is 5. The fourth-order valence-corrected chi connectivity index (χ4v) is 9.81. The molecule has 1 fully saturated rings. The molecule has 6 aromatic rings. The van der Waals surface area contributed by atoms with Crippen molar-refractivity contribution in [2.75, 3.05) is 34.0 Å². The van der Waals surface area contributed by atoms with Crippen molar-refractivity contribution in [3.63, 3.8) is 0 Å². The van der Waals surface area contributed by atoms with Crippen LogP contribution in [0.15, 0.2) is 109 Å². The molecule has 0 saturated carbocycles. The van der Waals surface area contributed by atoms with Gasteiger partial charge in [0.15, 0.2) is 11.2 Å². The summed E-state index contributed by atoms with van der Waals surface area (Å²) in [6.07, 6.45) is -0.856. The second kappa shape index (κ2) is 21.9. The number of aromatic nitrogens is 4. The van der Waals surface area contributed by atoms with Gasteiger partial charge >= 0.3 is 6.08 Å². The number of hydrogen-bond acceptors (Lipinski definition) is 14. The predicted octanol–water partition coefficient (Wildman–Crippen LogP) is 9.47. The van der Waals surface area contributed by atoms with Gasteiger partial charge in [-0.05, 0) is 74.2 Å². The Morgan fingerprint density at radius 1 is 0.909 bits per heavy atom. The fraction of sp³-hybridized carbons (Fsp3) is 0.375. The number of nitro benzene ring substituents is 1. The van der Waals surface area contributed by atoms with Gasteiger partial charge in [0.05, 0.1) is 63.9 Å². The first-order valence-electron chi connectivity index (χ1n) is 21.6. The molecule has 1 aliphatic rings. The Morgan fingerprint density at radius 3 is 2.11 bits per heavy atom. The summed E-state index contributed by atoms with van der Waals surface area (Å²) in [5.41, 5.74) is 2.46. The number of hydrogen-bond donors (Lipinski definition) is 0. The Balaban J connectivity index is 1.25. The summed E-state index contributed by atoms with van der Waals surface area (Å²) in [6, 6.07) is 33.7. The minimum absolute atomic E-state index is 0.00578. The maximum Gasteiger partial charge on any atom is 0.314 e. The zero-order chi connectivity index (χ0) is 46.8. The van der Waals surface area contributed by atoms with Crippen molar-refractivity contribution in [3.05, 3.63) is 148 Å². The van der Waals surface area contributed by atoms with Gasteiger partial charge in [0.2, 0.25) is 5.88 Å². The first-order valence-corrected chi connectivity index (χ1v) is 22.7. The lowest BCUT2D eigenvalue weighted by molar-refractivity contribution is -0.384. The lowest BCUT2D eigenvalue weighted by Crippen LogP contribution is -2.39. The van der Waals surface area contributed by atoms with E-state index in [0.29, 0.717) is 17.9 Å². The number of nitriles is 1. The third kappa shape index (κ3) is 10.8. The van der Waals surface area contributed by atoms with Crippen molar-refractivity contribution < 1.29 is 42.0 Å². The van der Waals surface area contributed by atoms with E-state index in [1.807, 2.05) is 78.9 Å². The Bertz CT molecular complexity index is 2510. The number of imidazole rings is 1. The molecule has 0 spiro atoms. The maximum atomic E-state index is 15.3. The van der Waals surface area contributed by atoms with Crippen LogP contribution in [0.5, 0.6) is 17.4 Å². The van der Waals surface area contributed by atoms with Gasteiger partial charge in [-0.2, -0.15) is 19.6 Å². The van der Waals surface area contributed by atoms with Crippen LogP contribution in [0.1, 0.15) is 69.0 Å². The summed E-state index contributed by atoms with van der Waals surface area (Å²) in [4.78, 5) is 23.3. The minimum atomic E-state index is -1.73. The first-order chi connectivity index (χ1) is 31.9. The van der Waals surface area contributed by atoms with Crippen molar-refractivity contribution >= 4 is 25.4 Å². The van der Waals surface area contributed by atoms with Gasteiger partial charge in [0.1, 0.15) is 29.4 Å². The molecular formula is C48H53FN7O9P. The number of benzene rings is 4. The number of fused-ring (bicyclic) bond motifs is 1. The Kier molecular flexibility index (Phi) is 15.9. The quantitative estimate of drug-likeness (QED) is 0.0157. The monoisotopic (exact) mass is 921 g/mol. The van der Waals surface area contributed by atoms with Crippen LogP contribution in [0.4, 0.5) is 10.1 Å². The highest BCUT2D eigenvalue weighted by atomic mass is 31.2. The zero-order valence-corrected chi connectivity index (χ0v) is 38.5. The molecule has 0 amide bonds. The second-order valence-corrected chi connectivity index (χ2v) is 17.4. The van der Waals surface area contributed by atoms with Crippen LogP contribution in [-0.4, -0.2) is 87.4 Å². The normalized spacial score (nSPS) is 16.8. The number of nitro groups is 1. The number of nitrogens with zero attached hydrogens (tertiary/aromatic N) is 7. The van der Waals surface area contributed by atoms with Crippen molar-refractivity contribution in [1.29, 1.82) is 5.26 Å². The predicted molar refractivity (Wildman–Crippen MR) is 244 cm³/mol. The molecule has 0 radical (unpaired) electrons. The van der Waals surface area contributed by atoms with Crippen LogP contribution in [0.25, 0.3) is 11.2 Å². The minimum Gasteiger partial charge on any atom is -0.497 e.